The fraction of sp³-hybridized carbons (Fsp3) is 0.571. The van der Waals surface area contributed by atoms with Crippen molar-refractivity contribution < 1.29 is 18.9 Å². The monoisotopic (exact) mass is 332 g/mol. The molecule has 0 aliphatic rings. The van der Waals surface area contributed by atoms with Gasteiger partial charge in [-0.2, -0.15) is 0 Å². The van der Waals surface area contributed by atoms with E-state index >= 15 is 0 Å². The van der Waals surface area contributed by atoms with Gasteiger partial charge in [0.05, 0.1) is 39.6 Å². The van der Waals surface area contributed by atoms with Gasteiger partial charge in [0.1, 0.15) is 12.4 Å². The normalized spacial score (nSPS) is 10.6. The Balaban J connectivity index is 1.79. The number of halogens is 1. The Bertz CT molecular complexity index is 295. The van der Waals surface area contributed by atoms with Crippen LogP contribution in [0, 0.1) is 0 Å². The standard InChI is InChI=1S/C14H21BrO4/c15-6-7-16-8-9-17-10-11-18-12-13-19-14-4-2-1-3-5-14/h1-5H,6-13H2. The van der Waals surface area contributed by atoms with E-state index in [-0.39, 0.29) is 0 Å². The van der Waals surface area contributed by atoms with Crippen LogP contribution in [0.2, 0.25) is 0 Å². The predicted octanol–water partition coefficient (Wildman–Crippen LogP) is 2.51. The van der Waals surface area contributed by atoms with Gasteiger partial charge < -0.3 is 18.9 Å². The third-order valence-corrected chi connectivity index (χ3v) is 2.53. The zero-order chi connectivity index (χ0) is 13.6. The van der Waals surface area contributed by atoms with Crippen molar-refractivity contribution in [1.82, 2.24) is 0 Å². The molecule has 0 aliphatic carbocycles. The Labute approximate surface area is 123 Å². The van der Waals surface area contributed by atoms with Crippen molar-refractivity contribution >= 4 is 15.9 Å². The molecule has 4 nitrogen and oxygen atoms in total. The molecule has 0 unspecified atom stereocenters. The number of para-hydroxylation sites is 1. The molecule has 0 spiro atoms. The largest absolute Gasteiger partial charge is 0.491 e. The van der Waals surface area contributed by atoms with Crippen LogP contribution in [0.4, 0.5) is 0 Å². The molecule has 0 amide bonds. The van der Waals surface area contributed by atoms with Crippen LogP contribution in [0.15, 0.2) is 30.3 Å². The first-order valence-electron chi connectivity index (χ1n) is 6.40. The third-order valence-electron chi connectivity index (χ3n) is 2.21. The van der Waals surface area contributed by atoms with Crippen molar-refractivity contribution in [3.63, 3.8) is 0 Å². The second-order valence-corrected chi connectivity index (χ2v) is 4.48. The highest BCUT2D eigenvalue weighted by molar-refractivity contribution is 9.09. The van der Waals surface area contributed by atoms with Crippen molar-refractivity contribution in [3.05, 3.63) is 30.3 Å². The molecule has 0 heterocycles. The van der Waals surface area contributed by atoms with E-state index in [2.05, 4.69) is 15.9 Å². The molecule has 108 valence electrons. The summed E-state index contributed by atoms with van der Waals surface area (Å²) in [6.07, 6.45) is 0. The Hall–Kier alpha value is -0.620. The summed E-state index contributed by atoms with van der Waals surface area (Å²) >= 11 is 3.29. The Morgan fingerprint density at radius 2 is 1.21 bits per heavy atom. The molecular weight excluding hydrogens is 312 g/mol. The number of rotatable bonds is 12. The summed E-state index contributed by atoms with van der Waals surface area (Å²) in [4.78, 5) is 0. The van der Waals surface area contributed by atoms with Gasteiger partial charge in [0.15, 0.2) is 0 Å². The van der Waals surface area contributed by atoms with Crippen LogP contribution in [0.3, 0.4) is 0 Å². The van der Waals surface area contributed by atoms with E-state index in [0.717, 1.165) is 17.7 Å². The molecule has 0 fully saturated rings. The van der Waals surface area contributed by atoms with Crippen molar-refractivity contribution in [2.24, 2.45) is 0 Å². The minimum atomic E-state index is 0.554. The second kappa shape index (κ2) is 12.4. The molecular formula is C14H21BrO4. The van der Waals surface area contributed by atoms with Gasteiger partial charge in [0.2, 0.25) is 0 Å². The van der Waals surface area contributed by atoms with Gasteiger partial charge in [0, 0.05) is 5.33 Å². The number of ether oxygens (including phenoxy) is 4. The molecule has 1 aromatic rings. The Morgan fingerprint density at radius 1 is 0.684 bits per heavy atom. The zero-order valence-corrected chi connectivity index (χ0v) is 12.6. The van der Waals surface area contributed by atoms with E-state index in [0.29, 0.717) is 39.6 Å². The summed E-state index contributed by atoms with van der Waals surface area (Å²) in [6.45, 7) is 4.24. The summed E-state index contributed by atoms with van der Waals surface area (Å²) in [5.74, 6) is 0.867. The molecule has 0 aromatic heterocycles. The summed E-state index contributed by atoms with van der Waals surface area (Å²) in [6, 6.07) is 9.71. The lowest BCUT2D eigenvalue weighted by Gasteiger charge is -2.07. The summed E-state index contributed by atoms with van der Waals surface area (Å²) in [5.41, 5.74) is 0. The van der Waals surface area contributed by atoms with Crippen LogP contribution in [0.1, 0.15) is 0 Å². The lowest BCUT2D eigenvalue weighted by Crippen LogP contribution is -2.13. The lowest BCUT2D eigenvalue weighted by atomic mass is 10.3. The first kappa shape index (κ1) is 16.4. The SMILES string of the molecule is BrCCOCCOCCOCCOc1ccccc1. The molecule has 0 radical (unpaired) electrons. The zero-order valence-electron chi connectivity index (χ0n) is 11.1. The van der Waals surface area contributed by atoms with E-state index < -0.39 is 0 Å². The maximum atomic E-state index is 5.49. The minimum Gasteiger partial charge on any atom is -0.491 e. The molecule has 0 saturated heterocycles. The van der Waals surface area contributed by atoms with Gasteiger partial charge in [-0.25, -0.2) is 0 Å². The minimum absolute atomic E-state index is 0.554. The van der Waals surface area contributed by atoms with Crippen molar-refractivity contribution in [3.8, 4) is 5.75 Å². The van der Waals surface area contributed by atoms with Gasteiger partial charge in [-0.05, 0) is 12.1 Å². The lowest BCUT2D eigenvalue weighted by molar-refractivity contribution is 0.0119. The van der Waals surface area contributed by atoms with Crippen LogP contribution >= 0.6 is 15.9 Å². The van der Waals surface area contributed by atoms with Crippen molar-refractivity contribution in [2.75, 3.05) is 51.6 Å². The van der Waals surface area contributed by atoms with Gasteiger partial charge >= 0.3 is 0 Å². The van der Waals surface area contributed by atoms with Gasteiger partial charge in [-0.3, -0.25) is 0 Å². The summed E-state index contributed by atoms with van der Waals surface area (Å²) in [5, 5.41) is 0.859. The smallest absolute Gasteiger partial charge is 0.119 e. The van der Waals surface area contributed by atoms with E-state index in [1.54, 1.807) is 0 Å². The molecule has 1 aromatic carbocycles. The van der Waals surface area contributed by atoms with Crippen molar-refractivity contribution in [1.29, 1.82) is 0 Å². The van der Waals surface area contributed by atoms with Crippen LogP contribution in [0.5, 0.6) is 5.75 Å². The molecule has 0 saturated carbocycles. The first-order chi connectivity index (χ1) is 9.43. The van der Waals surface area contributed by atoms with Gasteiger partial charge in [0.25, 0.3) is 0 Å². The van der Waals surface area contributed by atoms with Crippen LogP contribution in [0.25, 0.3) is 0 Å². The molecule has 0 aliphatic heterocycles. The summed E-state index contributed by atoms with van der Waals surface area (Å²) < 4.78 is 21.5. The fourth-order valence-electron chi connectivity index (χ4n) is 1.33. The van der Waals surface area contributed by atoms with E-state index in [4.69, 9.17) is 18.9 Å². The van der Waals surface area contributed by atoms with Crippen LogP contribution < -0.4 is 4.74 Å². The molecule has 5 heteroatoms. The molecule has 19 heavy (non-hydrogen) atoms. The van der Waals surface area contributed by atoms with E-state index in [1.807, 2.05) is 30.3 Å². The van der Waals surface area contributed by atoms with E-state index in [9.17, 15) is 0 Å². The number of hydrogen-bond donors (Lipinski definition) is 0. The first-order valence-corrected chi connectivity index (χ1v) is 7.52. The Kier molecular flexibility index (Phi) is 10.7. The molecule has 0 atom stereocenters. The fourth-order valence-corrected chi connectivity index (χ4v) is 1.56. The maximum Gasteiger partial charge on any atom is 0.119 e. The molecule has 0 bridgehead atoms. The highest BCUT2D eigenvalue weighted by atomic mass is 79.9. The predicted molar refractivity (Wildman–Crippen MR) is 78.2 cm³/mol. The molecule has 1 rings (SSSR count). The van der Waals surface area contributed by atoms with Crippen molar-refractivity contribution in [2.45, 2.75) is 0 Å². The second-order valence-electron chi connectivity index (χ2n) is 3.69. The third kappa shape index (κ3) is 9.90. The van der Waals surface area contributed by atoms with Gasteiger partial charge in [-0.1, -0.05) is 34.1 Å². The van der Waals surface area contributed by atoms with Gasteiger partial charge in [-0.15, -0.1) is 0 Å². The maximum absolute atomic E-state index is 5.49. The summed E-state index contributed by atoms with van der Waals surface area (Å²) in [7, 11) is 0. The number of benzene rings is 1. The highest BCUT2D eigenvalue weighted by Gasteiger charge is 1.93. The highest BCUT2D eigenvalue weighted by Crippen LogP contribution is 2.07. The number of alkyl halides is 1. The topological polar surface area (TPSA) is 36.9 Å². The van der Waals surface area contributed by atoms with Crippen LogP contribution in [-0.2, 0) is 14.2 Å². The average Bonchev–Trinajstić information content (AvgIpc) is 2.46. The van der Waals surface area contributed by atoms with Crippen LogP contribution in [-0.4, -0.2) is 51.6 Å². The average molecular weight is 333 g/mol. The Morgan fingerprint density at radius 3 is 1.79 bits per heavy atom. The molecule has 0 N–H and O–H groups in total. The number of hydrogen-bond acceptors (Lipinski definition) is 4. The quantitative estimate of drug-likeness (QED) is 0.435. The van der Waals surface area contributed by atoms with E-state index in [1.165, 1.54) is 0 Å².